The molecule has 2 aromatic rings. The molecule has 1 atom stereocenters. The summed E-state index contributed by atoms with van der Waals surface area (Å²) in [5.74, 6) is -0.837. The number of carbonyl (C=O) groups is 2. The Morgan fingerprint density at radius 2 is 1.68 bits per heavy atom. The summed E-state index contributed by atoms with van der Waals surface area (Å²) in [6.07, 6.45) is 1.25. The maximum Gasteiger partial charge on any atom is 0.244 e. The van der Waals surface area contributed by atoms with E-state index >= 15 is 0 Å². The van der Waals surface area contributed by atoms with Gasteiger partial charge in [-0.2, -0.15) is 0 Å². The number of nitrogens with one attached hydrogen (secondary N) is 1. The van der Waals surface area contributed by atoms with E-state index in [1.165, 1.54) is 49.5 Å². The van der Waals surface area contributed by atoms with Crippen LogP contribution < -0.4 is 19.1 Å². The number of nitrogens with zero attached hydrogens (tertiary/aromatic N) is 2. The van der Waals surface area contributed by atoms with Gasteiger partial charge in [-0.1, -0.05) is 19.1 Å². The first-order chi connectivity index (χ1) is 17.2. The van der Waals surface area contributed by atoms with E-state index in [2.05, 4.69) is 5.32 Å². The molecular formula is C26H36FN3O6S. The number of methoxy groups -OCH3 is 2. The Kier molecular flexibility index (Phi) is 9.91. The normalized spacial score (nSPS) is 12.4. The third kappa shape index (κ3) is 8.34. The van der Waals surface area contributed by atoms with Crippen LogP contribution in [0.1, 0.15) is 39.7 Å². The molecule has 1 N–H and O–H groups in total. The number of rotatable bonds is 11. The van der Waals surface area contributed by atoms with Gasteiger partial charge in [0.25, 0.3) is 0 Å². The number of sulfonamides is 1. The van der Waals surface area contributed by atoms with Crippen molar-refractivity contribution in [1.29, 1.82) is 0 Å². The summed E-state index contributed by atoms with van der Waals surface area (Å²) in [7, 11) is -1.14. The van der Waals surface area contributed by atoms with Crippen molar-refractivity contribution in [2.75, 3.05) is 31.3 Å². The molecule has 0 saturated heterocycles. The summed E-state index contributed by atoms with van der Waals surface area (Å²) in [4.78, 5) is 28.3. The van der Waals surface area contributed by atoms with E-state index in [0.717, 1.165) is 10.6 Å². The van der Waals surface area contributed by atoms with Crippen molar-refractivity contribution in [3.63, 3.8) is 0 Å². The second-order valence-corrected chi connectivity index (χ2v) is 11.5. The van der Waals surface area contributed by atoms with Crippen LogP contribution in [-0.4, -0.2) is 63.7 Å². The van der Waals surface area contributed by atoms with Crippen LogP contribution >= 0.6 is 0 Å². The zero-order chi connectivity index (χ0) is 28.0. The average Bonchev–Trinajstić information content (AvgIpc) is 2.81. The zero-order valence-electron chi connectivity index (χ0n) is 22.4. The molecule has 0 fully saturated rings. The Labute approximate surface area is 218 Å². The van der Waals surface area contributed by atoms with Crippen LogP contribution in [0.4, 0.5) is 10.1 Å². The van der Waals surface area contributed by atoms with Crippen molar-refractivity contribution in [2.24, 2.45) is 0 Å². The molecule has 2 aromatic carbocycles. The van der Waals surface area contributed by atoms with Crippen molar-refractivity contribution in [1.82, 2.24) is 10.2 Å². The highest BCUT2D eigenvalue weighted by atomic mass is 32.2. The largest absolute Gasteiger partial charge is 0.497 e. The van der Waals surface area contributed by atoms with E-state index in [4.69, 9.17) is 9.47 Å². The van der Waals surface area contributed by atoms with Crippen LogP contribution in [0, 0.1) is 5.82 Å². The number of hydrogen-bond donors (Lipinski definition) is 1. The summed E-state index contributed by atoms with van der Waals surface area (Å²) < 4.78 is 50.7. The summed E-state index contributed by atoms with van der Waals surface area (Å²) in [6.45, 7) is 6.61. The van der Waals surface area contributed by atoms with Crippen molar-refractivity contribution >= 4 is 27.5 Å². The zero-order valence-corrected chi connectivity index (χ0v) is 23.2. The minimum atomic E-state index is -3.96. The molecule has 0 radical (unpaired) electrons. The van der Waals surface area contributed by atoms with Gasteiger partial charge in [-0.3, -0.25) is 13.9 Å². The average molecular weight is 538 g/mol. The highest BCUT2D eigenvalue weighted by molar-refractivity contribution is 7.92. The third-order valence-electron chi connectivity index (χ3n) is 5.48. The van der Waals surface area contributed by atoms with Gasteiger partial charge in [0.2, 0.25) is 21.8 Å². The van der Waals surface area contributed by atoms with Gasteiger partial charge in [-0.05, 0) is 57.0 Å². The molecule has 0 bridgehead atoms. The molecule has 0 aromatic heterocycles. The standard InChI is InChI=1S/C26H36FN3O6S/c1-8-21(25(32)28-26(2,3)4)29(16-18-9-11-19(27)12-10-18)24(31)17-30(37(7,33)34)22-15-20(35-5)13-14-23(22)36-6/h9-15,21H,8,16-17H2,1-7H3,(H,28,32)/t21-/m0/s1. The highest BCUT2D eigenvalue weighted by Crippen LogP contribution is 2.34. The van der Waals surface area contributed by atoms with Crippen molar-refractivity contribution in [2.45, 2.75) is 52.2 Å². The fourth-order valence-corrected chi connectivity index (χ4v) is 4.59. The molecule has 2 amide bonds. The van der Waals surface area contributed by atoms with Gasteiger partial charge in [0.05, 0.1) is 26.2 Å². The molecule has 11 heteroatoms. The van der Waals surface area contributed by atoms with Crippen molar-refractivity contribution in [3.05, 3.63) is 53.8 Å². The minimum absolute atomic E-state index is 0.0258. The molecular weight excluding hydrogens is 501 g/mol. The lowest BCUT2D eigenvalue weighted by molar-refractivity contribution is -0.141. The molecule has 0 aliphatic rings. The molecule has 0 aliphatic carbocycles. The number of ether oxygens (including phenoxy) is 2. The van der Waals surface area contributed by atoms with E-state index in [9.17, 15) is 22.4 Å². The minimum Gasteiger partial charge on any atom is -0.497 e. The topological polar surface area (TPSA) is 105 Å². The Morgan fingerprint density at radius 1 is 1.05 bits per heavy atom. The second kappa shape index (κ2) is 12.3. The van der Waals surface area contributed by atoms with E-state index in [1.54, 1.807) is 19.1 Å². The molecule has 0 aliphatic heterocycles. The predicted molar refractivity (Wildman–Crippen MR) is 141 cm³/mol. The fourth-order valence-electron chi connectivity index (χ4n) is 3.75. The lowest BCUT2D eigenvalue weighted by Gasteiger charge is -2.34. The first-order valence-electron chi connectivity index (χ1n) is 11.8. The van der Waals surface area contributed by atoms with Gasteiger partial charge in [0.1, 0.15) is 29.9 Å². The molecule has 2 rings (SSSR count). The predicted octanol–water partition coefficient (Wildman–Crippen LogP) is 3.33. The Morgan fingerprint density at radius 3 is 2.16 bits per heavy atom. The SMILES string of the molecule is CC[C@@H](C(=O)NC(C)(C)C)N(Cc1ccc(F)cc1)C(=O)CN(c1cc(OC)ccc1OC)S(C)(=O)=O. The van der Waals surface area contributed by atoms with E-state index < -0.39 is 39.9 Å². The number of hydrogen-bond acceptors (Lipinski definition) is 6. The molecule has 37 heavy (non-hydrogen) atoms. The van der Waals surface area contributed by atoms with Crippen LogP contribution in [0.3, 0.4) is 0 Å². The lowest BCUT2D eigenvalue weighted by Crippen LogP contribution is -2.55. The third-order valence-corrected chi connectivity index (χ3v) is 6.61. The van der Waals surface area contributed by atoms with E-state index in [-0.39, 0.29) is 30.3 Å². The molecule has 0 saturated carbocycles. The van der Waals surface area contributed by atoms with Gasteiger partial charge in [-0.15, -0.1) is 0 Å². The molecule has 0 spiro atoms. The number of amides is 2. The summed E-state index contributed by atoms with van der Waals surface area (Å²) >= 11 is 0. The smallest absolute Gasteiger partial charge is 0.244 e. The van der Waals surface area contributed by atoms with Gasteiger partial charge in [-0.25, -0.2) is 12.8 Å². The van der Waals surface area contributed by atoms with Crippen LogP contribution in [0.2, 0.25) is 0 Å². The van der Waals surface area contributed by atoms with Gasteiger partial charge < -0.3 is 19.7 Å². The Bertz CT molecular complexity index is 1200. The first kappa shape index (κ1) is 29.9. The fraction of sp³-hybridized carbons (Fsp3) is 0.462. The maximum absolute atomic E-state index is 13.8. The van der Waals surface area contributed by atoms with E-state index in [0.29, 0.717) is 11.3 Å². The van der Waals surface area contributed by atoms with E-state index in [1.807, 2.05) is 20.8 Å². The molecule has 9 nitrogen and oxygen atoms in total. The number of benzene rings is 2. The maximum atomic E-state index is 13.8. The Balaban J connectivity index is 2.54. The van der Waals surface area contributed by atoms with Gasteiger partial charge >= 0.3 is 0 Å². The Hall–Kier alpha value is -3.34. The quantitative estimate of drug-likeness (QED) is 0.472. The van der Waals surface area contributed by atoms with Crippen molar-refractivity contribution in [3.8, 4) is 11.5 Å². The van der Waals surface area contributed by atoms with Crippen LogP contribution in [0.15, 0.2) is 42.5 Å². The summed E-state index contributed by atoms with van der Waals surface area (Å²) in [6, 6.07) is 9.27. The number of anilines is 1. The van der Waals surface area contributed by atoms with Gasteiger partial charge in [0.15, 0.2) is 0 Å². The molecule has 0 unspecified atom stereocenters. The van der Waals surface area contributed by atoms with Crippen LogP contribution in [-0.2, 0) is 26.2 Å². The molecule has 0 heterocycles. The summed E-state index contributed by atoms with van der Waals surface area (Å²) in [5.41, 5.74) is 0.148. The van der Waals surface area contributed by atoms with Crippen molar-refractivity contribution < 1.29 is 31.9 Å². The first-order valence-corrected chi connectivity index (χ1v) is 13.6. The number of halogens is 1. The highest BCUT2D eigenvalue weighted by Gasteiger charge is 2.33. The summed E-state index contributed by atoms with van der Waals surface area (Å²) in [5, 5.41) is 2.89. The lowest BCUT2D eigenvalue weighted by atomic mass is 10.1. The second-order valence-electron chi connectivity index (χ2n) is 9.62. The number of carbonyl (C=O) groups excluding carboxylic acids is 2. The monoisotopic (exact) mass is 537 g/mol. The molecule has 204 valence electrons. The van der Waals surface area contributed by atoms with Crippen LogP contribution in [0.25, 0.3) is 0 Å². The van der Waals surface area contributed by atoms with Gasteiger partial charge in [0, 0.05) is 18.2 Å². The van der Waals surface area contributed by atoms with Crippen LogP contribution in [0.5, 0.6) is 11.5 Å².